The van der Waals surface area contributed by atoms with E-state index in [1.54, 1.807) is 35.0 Å². The van der Waals surface area contributed by atoms with Gasteiger partial charge in [0.15, 0.2) is 0 Å². The summed E-state index contributed by atoms with van der Waals surface area (Å²) in [7, 11) is 1.76. The molecule has 1 atom stereocenters. The molecule has 2 rings (SSSR count). The maximum absolute atomic E-state index is 12.9. The van der Waals surface area contributed by atoms with Crippen LogP contribution in [0, 0.1) is 5.41 Å². The Morgan fingerprint density at radius 2 is 1.85 bits per heavy atom. The Morgan fingerprint density at radius 1 is 1.27 bits per heavy atom. The van der Waals surface area contributed by atoms with Crippen LogP contribution in [0.3, 0.4) is 0 Å². The fraction of sp³-hybridized carbons (Fsp3) is 0.556. The first kappa shape index (κ1) is 23.0. The topological polar surface area (TPSA) is 66.6 Å². The van der Waals surface area contributed by atoms with E-state index in [2.05, 4.69) is 0 Å². The smallest absolute Gasteiger partial charge is 0.254 e. The van der Waals surface area contributed by atoms with Crippen molar-refractivity contribution < 1.29 is 9.59 Å². The number of halogens is 3. The molecule has 1 aliphatic rings. The van der Waals surface area contributed by atoms with Crippen molar-refractivity contribution in [1.82, 2.24) is 9.80 Å². The predicted octanol–water partition coefficient (Wildman–Crippen LogP) is 3.46. The molecular formula is C18H26Cl3N3O2. The van der Waals surface area contributed by atoms with E-state index in [9.17, 15) is 9.59 Å². The van der Waals surface area contributed by atoms with E-state index in [0.29, 0.717) is 41.7 Å². The van der Waals surface area contributed by atoms with E-state index in [1.165, 1.54) is 0 Å². The van der Waals surface area contributed by atoms with Gasteiger partial charge in [-0.1, -0.05) is 37.0 Å². The Hall–Kier alpha value is -1.01. The van der Waals surface area contributed by atoms with Crippen LogP contribution in [0.5, 0.6) is 0 Å². The van der Waals surface area contributed by atoms with E-state index in [0.717, 1.165) is 6.42 Å². The first-order chi connectivity index (χ1) is 11.6. The summed E-state index contributed by atoms with van der Waals surface area (Å²) in [5, 5.41) is 0.805. The number of hydrogen-bond donors (Lipinski definition) is 1. The lowest BCUT2D eigenvalue weighted by Crippen LogP contribution is -2.49. The number of likely N-dealkylation sites (N-methyl/N-ethyl adjacent to an activating group) is 1. The molecule has 26 heavy (non-hydrogen) atoms. The molecule has 0 aromatic heterocycles. The average molecular weight is 423 g/mol. The van der Waals surface area contributed by atoms with E-state index in [4.69, 9.17) is 28.9 Å². The summed E-state index contributed by atoms with van der Waals surface area (Å²) >= 11 is 12.0. The summed E-state index contributed by atoms with van der Waals surface area (Å²) in [6.45, 7) is 5.61. The third-order valence-corrected chi connectivity index (χ3v) is 4.94. The van der Waals surface area contributed by atoms with Crippen LogP contribution in [0.1, 0.15) is 37.0 Å². The van der Waals surface area contributed by atoms with Crippen molar-refractivity contribution in [2.24, 2.45) is 11.1 Å². The lowest BCUT2D eigenvalue weighted by molar-refractivity contribution is -0.135. The Labute approximate surface area is 171 Å². The number of amides is 2. The molecule has 1 saturated heterocycles. The van der Waals surface area contributed by atoms with Gasteiger partial charge in [0.1, 0.15) is 6.04 Å². The number of benzene rings is 1. The standard InChI is InChI=1S/C18H25Cl2N3O2.ClH/c1-18(2,10-21)11-22(3)17(25)15-5-4-6-23(15)16(24)12-7-13(19)9-14(20)8-12;/h7-9,15H,4-6,10-11,21H2,1-3H3;1H. The number of hydrogen-bond acceptors (Lipinski definition) is 3. The van der Waals surface area contributed by atoms with Gasteiger partial charge in [0.25, 0.3) is 5.91 Å². The minimum absolute atomic E-state index is 0. The van der Waals surface area contributed by atoms with Crippen molar-refractivity contribution in [3.05, 3.63) is 33.8 Å². The molecule has 0 saturated carbocycles. The fourth-order valence-corrected chi connectivity index (χ4v) is 3.67. The summed E-state index contributed by atoms with van der Waals surface area (Å²) < 4.78 is 0. The Bertz CT molecular complexity index is 647. The van der Waals surface area contributed by atoms with Gasteiger partial charge in [0.2, 0.25) is 5.91 Å². The molecule has 1 unspecified atom stereocenters. The van der Waals surface area contributed by atoms with E-state index in [1.807, 2.05) is 13.8 Å². The highest BCUT2D eigenvalue weighted by molar-refractivity contribution is 6.35. The van der Waals surface area contributed by atoms with Crippen molar-refractivity contribution >= 4 is 47.4 Å². The van der Waals surface area contributed by atoms with Crippen LogP contribution >= 0.6 is 35.6 Å². The number of nitrogens with zero attached hydrogens (tertiary/aromatic N) is 2. The van der Waals surface area contributed by atoms with Crippen LogP contribution in [-0.2, 0) is 4.79 Å². The maximum atomic E-state index is 12.9. The molecule has 8 heteroatoms. The molecule has 1 fully saturated rings. The number of likely N-dealkylation sites (tertiary alicyclic amines) is 1. The predicted molar refractivity (Wildman–Crippen MR) is 108 cm³/mol. The van der Waals surface area contributed by atoms with Gasteiger partial charge in [-0.05, 0) is 43.0 Å². The third-order valence-electron chi connectivity index (χ3n) is 4.50. The van der Waals surface area contributed by atoms with Gasteiger partial charge in [0.05, 0.1) is 0 Å². The van der Waals surface area contributed by atoms with Gasteiger partial charge < -0.3 is 15.5 Å². The highest BCUT2D eigenvalue weighted by Gasteiger charge is 2.37. The molecule has 1 aliphatic heterocycles. The van der Waals surface area contributed by atoms with Gasteiger partial charge in [-0.15, -0.1) is 12.4 Å². The highest BCUT2D eigenvalue weighted by Crippen LogP contribution is 2.26. The zero-order valence-electron chi connectivity index (χ0n) is 15.3. The second kappa shape index (κ2) is 9.27. The van der Waals surface area contributed by atoms with Gasteiger partial charge >= 0.3 is 0 Å². The van der Waals surface area contributed by atoms with E-state index >= 15 is 0 Å². The van der Waals surface area contributed by atoms with Crippen LogP contribution in [0.25, 0.3) is 0 Å². The van der Waals surface area contributed by atoms with Gasteiger partial charge in [-0.25, -0.2) is 0 Å². The molecule has 1 aromatic carbocycles. The normalized spacial score (nSPS) is 17.0. The quantitative estimate of drug-likeness (QED) is 0.790. The van der Waals surface area contributed by atoms with Crippen molar-refractivity contribution in [2.75, 3.05) is 26.7 Å². The van der Waals surface area contributed by atoms with E-state index < -0.39 is 6.04 Å². The van der Waals surface area contributed by atoms with Crippen molar-refractivity contribution in [2.45, 2.75) is 32.7 Å². The number of carbonyl (C=O) groups is 2. The van der Waals surface area contributed by atoms with Crippen LogP contribution in [-0.4, -0.2) is 54.3 Å². The first-order valence-corrected chi connectivity index (χ1v) is 9.12. The average Bonchev–Trinajstić information content (AvgIpc) is 3.01. The zero-order valence-corrected chi connectivity index (χ0v) is 17.6. The zero-order chi connectivity index (χ0) is 18.8. The van der Waals surface area contributed by atoms with E-state index in [-0.39, 0.29) is 29.6 Å². The highest BCUT2D eigenvalue weighted by atomic mass is 35.5. The van der Waals surface area contributed by atoms with Gasteiger partial charge in [0, 0.05) is 35.7 Å². The van der Waals surface area contributed by atoms with Gasteiger partial charge in [-0.2, -0.15) is 0 Å². The molecule has 1 aromatic rings. The van der Waals surface area contributed by atoms with Crippen molar-refractivity contribution in [3.63, 3.8) is 0 Å². The summed E-state index contributed by atoms with van der Waals surface area (Å²) in [6, 6.07) is 4.28. The number of nitrogens with two attached hydrogens (primary N) is 1. The second-order valence-electron chi connectivity index (χ2n) is 7.38. The van der Waals surface area contributed by atoms with Gasteiger partial charge in [-0.3, -0.25) is 9.59 Å². The lowest BCUT2D eigenvalue weighted by Gasteiger charge is -2.33. The van der Waals surface area contributed by atoms with Crippen LogP contribution < -0.4 is 5.73 Å². The second-order valence-corrected chi connectivity index (χ2v) is 8.25. The summed E-state index contributed by atoms with van der Waals surface area (Å²) in [5.74, 6) is -0.271. The Morgan fingerprint density at radius 3 is 2.38 bits per heavy atom. The molecule has 0 radical (unpaired) electrons. The first-order valence-electron chi connectivity index (χ1n) is 8.37. The van der Waals surface area contributed by atoms with Crippen molar-refractivity contribution in [1.29, 1.82) is 0 Å². The van der Waals surface area contributed by atoms with Crippen LogP contribution in [0.2, 0.25) is 10.0 Å². The largest absolute Gasteiger partial charge is 0.343 e. The summed E-state index contributed by atoms with van der Waals surface area (Å²) in [4.78, 5) is 29.0. The minimum atomic E-state index is -0.455. The lowest BCUT2D eigenvalue weighted by atomic mass is 9.93. The molecule has 5 nitrogen and oxygen atoms in total. The van der Waals surface area contributed by atoms with Crippen molar-refractivity contribution in [3.8, 4) is 0 Å². The minimum Gasteiger partial charge on any atom is -0.343 e. The molecule has 0 bridgehead atoms. The van der Waals surface area contributed by atoms with Crippen LogP contribution in [0.4, 0.5) is 0 Å². The molecule has 2 N–H and O–H groups in total. The molecule has 0 spiro atoms. The number of rotatable bonds is 5. The Balaban J connectivity index is 0.00000338. The molecule has 146 valence electrons. The molecule has 1 heterocycles. The molecular weight excluding hydrogens is 397 g/mol. The Kier molecular flexibility index (Phi) is 8.21. The number of carbonyl (C=O) groups excluding carboxylic acids is 2. The fourth-order valence-electron chi connectivity index (χ4n) is 3.15. The maximum Gasteiger partial charge on any atom is 0.254 e. The third kappa shape index (κ3) is 5.49. The summed E-state index contributed by atoms with van der Waals surface area (Å²) in [6.07, 6.45) is 1.46. The monoisotopic (exact) mass is 421 g/mol. The van der Waals surface area contributed by atoms with Crippen LogP contribution in [0.15, 0.2) is 18.2 Å². The SMILES string of the molecule is CN(CC(C)(C)CN)C(=O)C1CCCN1C(=O)c1cc(Cl)cc(Cl)c1.Cl. The summed E-state index contributed by atoms with van der Waals surface area (Å²) in [5.41, 5.74) is 6.00. The molecule has 0 aliphatic carbocycles. The molecule has 2 amide bonds.